The molecule has 0 unspecified atom stereocenters. The summed E-state index contributed by atoms with van der Waals surface area (Å²) >= 11 is 0. The van der Waals surface area contributed by atoms with Crippen LogP contribution >= 0.6 is 0 Å². The van der Waals surface area contributed by atoms with Crippen molar-refractivity contribution in [2.45, 2.75) is 49.6 Å². The second-order valence-corrected chi connectivity index (χ2v) is 8.97. The van der Waals surface area contributed by atoms with Crippen LogP contribution < -0.4 is 4.74 Å². The number of rotatable bonds is 4. The summed E-state index contributed by atoms with van der Waals surface area (Å²) in [6, 6.07) is 2.21. The van der Waals surface area contributed by atoms with Crippen molar-refractivity contribution in [3.8, 4) is 6.01 Å². The molecule has 1 saturated carbocycles. The largest absolute Gasteiger partial charge is 0.460 e. The van der Waals surface area contributed by atoms with E-state index in [4.69, 9.17) is 9.47 Å². The third-order valence-corrected chi connectivity index (χ3v) is 7.02. The monoisotopic (exact) mass is 339 g/mol. The van der Waals surface area contributed by atoms with Gasteiger partial charge in [-0.3, -0.25) is 0 Å². The fourth-order valence-electron chi connectivity index (χ4n) is 3.29. The molecule has 1 atom stereocenters. The van der Waals surface area contributed by atoms with Gasteiger partial charge in [-0.2, -0.15) is 4.31 Å². The first-order valence-electron chi connectivity index (χ1n) is 8.06. The van der Waals surface area contributed by atoms with Crippen LogP contribution in [0.15, 0.2) is 12.3 Å². The van der Waals surface area contributed by atoms with E-state index in [2.05, 4.69) is 9.97 Å². The van der Waals surface area contributed by atoms with Crippen molar-refractivity contribution in [1.29, 1.82) is 0 Å². The van der Waals surface area contributed by atoms with Crippen LogP contribution in [0.25, 0.3) is 0 Å². The minimum absolute atomic E-state index is 0.0312. The molecule has 4 rings (SSSR count). The van der Waals surface area contributed by atoms with Crippen molar-refractivity contribution < 1.29 is 17.9 Å². The van der Waals surface area contributed by atoms with Gasteiger partial charge in [0.15, 0.2) is 0 Å². The molecule has 8 heteroatoms. The molecule has 3 heterocycles. The van der Waals surface area contributed by atoms with Gasteiger partial charge < -0.3 is 9.47 Å². The number of ether oxygens (including phenoxy) is 2. The van der Waals surface area contributed by atoms with Gasteiger partial charge in [0.1, 0.15) is 6.10 Å². The highest BCUT2D eigenvalue weighted by molar-refractivity contribution is 7.90. The summed E-state index contributed by atoms with van der Waals surface area (Å²) in [5.74, 6) is 0. The van der Waals surface area contributed by atoms with Crippen LogP contribution in [0.5, 0.6) is 6.01 Å². The molecule has 23 heavy (non-hydrogen) atoms. The predicted molar refractivity (Wildman–Crippen MR) is 82.6 cm³/mol. The summed E-state index contributed by atoms with van der Waals surface area (Å²) < 4.78 is 37.8. The van der Waals surface area contributed by atoms with Crippen molar-refractivity contribution >= 4 is 10.0 Å². The van der Waals surface area contributed by atoms with E-state index in [1.807, 2.05) is 13.0 Å². The van der Waals surface area contributed by atoms with Crippen LogP contribution in [-0.4, -0.2) is 59.3 Å². The highest BCUT2D eigenvalue weighted by Crippen LogP contribution is 2.41. The van der Waals surface area contributed by atoms with Crippen LogP contribution in [0.2, 0.25) is 0 Å². The standard InChI is InChI=1S/C15H21N3O4S/c1-11-4-6-16-14(17-11)22-12-5-7-21-15(8-12)9-18(10-15)23(19,20)13-2-3-13/h4,6,12-13H,2-3,5,7-10H2,1H3/t12-/m1/s1. The van der Waals surface area contributed by atoms with Crippen LogP contribution in [0.4, 0.5) is 0 Å². The van der Waals surface area contributed by atoms with Gasteiger partial charge in [0.2, 0.25) is 10.0 Å². The molecular weight excluding hydrogens is 318 g/mol. The second-order valence-electron chi connectivity index (χ2n) is 6.76. The average Bonchev–Trinajstić information content (AvgIpc) is 3.30. The number of nitrogens with zero attached hydrogens (tertiary/aromatic N) is 3. The van der Waals surface area contributed by atoms with Gasteiger partial charge in [-0.15, -0.1) is 0 Å². The molecule has 7 nitrogen and oxygen atoms in total. The molecule has 0 aromatic carbocycles. The second kappa shape index (κ2) is 5.39. The maximum Gasteiger partial charge on any atom is 0.316 e. The van der Waals surface area contributed by atoms with Crippen molar-refractivity contribution in [2.75, 3.05) is 19.7 Å². The number of hydrogen-bond donors (Lipinski definition) is 0. The summed E-state index contributed by atoms with van der Waals surface area (Å²) in [5.41, 5.74) is 0.469. The van der Waals surface area contributed by atoms with Crippen molar-refractivity contribution in [2.24, 2.45) is 0 Å². The maximum atomic E-state index is 12.2. The molecule has 0 bridgehead atoms. The first-order chi connectivity index (χ1) is 11.0. The normalized spacial score (nSPS) is 27.6. The maximum absolute atomic E-state index is 12.2. The Hall–Kier alpha value is -1.25. The molecule has 3 fully saturated rings. The lowest BCUT2D eigenvalue weighted by Gasteiger charge is -2.52. The van der Waals surface area contributed by atoms with E-state index >= 15 is 0 Å². The minimum atomic E-state index is -3.10. The molecule has 3 aliphatic rings. The fourth-order valence-corrected chi connectivity index (χ4v) is 5.27. The summed E-state index contributed by atoms with van der Waals surface area (Å²) in [6.07, 6.45) is 4.69. The summed E-state index contributed by atoms with van der Waals surface area (Å²) in [6.45, 7) is 3.36. The van der Waals surface area contributed by atoms with E-state index < -0.39 is 15.6 Å². The van der Waals surface area contributed by atoms with E-state index in [0.717, 1.165) is 25.0 Å². The number of hydrogen-bond acceptors (Lipinski definition) is 6. The lowest BCUT2D eigenvalue weighted by Crippen LogP contribution is -2.67. The Bertz CT molecular complexity index is 698. The molecule has 2 saturated heterocycles. The van der Waals surface area contributed by atoms with Crippen molar-refractivity contribution in [1.82, 2.24) is 14.3 Å². The number of aryl methyl sites for hydroxylation is 1. The van der Waals surface area contributed by atoms with E-state index in [-0.39, 0.29) is 11.4 Å². The average molecular weight is 339 g/mol. The topological polar surface area (TPSA) is 81.6 Å². The fraction of sp³-hybridized carbons (Fsp3) is 0.733. The molecule has 126 valence electrons. The number of sulfonamides is 1. The van der Waals surface area contributed by atoms with Gasteiger partial charge in [0.05, 0.1) is 17.5 Å². The third-order valence-electron chi connectivity index (χ3n) is 4.73. The highest BCUT2D eigenvalue weighted by atomic mass is 32.2. The first-order valence-corrected chi connectivity index (χ1v) is 9.56. The first kappa shape index (κ1) is 15.3. The summed E-state index contributed by atoms with van der Waals surface area (Å²) in [5, 5.41) is -0.156. The van der Waals surface area contributed by atoms with Gasteiger partial charge in [0.25, 0.3) is 0 Å². The zero-order chi connectivity index (χ0) is 16.1. The summed E-state index contributed by atoms with van der Waals surface area (Å²) in [4.78, 5) is 8.39. The minimum Gasteiger partial charge on any atom is -0.460 e. The zero-order valence-electron chi connectivity index (χ0n) is 13.1. The molecule has 2 aliphatic heterocycles. The van der Waals surface area contributed by atoms with Crippen LogP contribution in [-0.2, 0) is 14.8 Å². The molecule has 0 N–H and O–H groups in total. The Kier molecular flexibility index (Phi) is 3.58. The van der Waals surface area contributed by atoms with E-state index in [1.54, 1.807) is 10.5 Å². The Morgan fingerprint density at radius 3 is 2.83 bits per heavy atom. The van der Waals surface area contributed by atoms with E-state index in [1.165, 1.54) is 0 Å². The Morgan fingerprint density at radius 1 is 1.35 bits per heavy atom. The molecule has 0 amide bonds. The summed E-state index contributed by atoms with van der Waals surface area (Å²) in [7, 11) is -3.10. The van der Waals surface area contributed by atoms with E-state index in [0.29, 0.717) is 32.1 Å². The molecule has 1 aromatic rings. The van der Waals surface area contributed by atoms with E-state index in [9.17, 15) is 8.42 Å². The van der Waals surface area contributed by atoms with Gasteiger partial charge in [-0.1, -0.05) is 0 Å². The predicted octanol–water partition coefficient (Wildman–Crippen LogP) is 0.889. The lowest BCUT2D eigenvalue weighted by molar-refractivity contribution is -0.165. The molecular formula is C15H21N3O4S. The Morgan fingerprint density at radius 2 is 2.13 bits per heavy atom. The van der Waals surface area contributed by atoms with Gasteiger partial charge >= 0.3 is 6.01 Å². The van der Waals surface area contributed by atoms with Gasteiger partial charge in [-0.25, -0.2) is 18.4 Å². The molecule has 0 radical (unpaired) electrons. The molecule has 1 aliphatic carbocycles. The third kappa shape index (κ3) is 2.95. The van der Waals surface area contributed by atoms with Crippen LogP contribution in [0, 0.1) is 6.92 Å². The quantitative estimate of drug-likeness (QED) is 0.810. The Balaban J connectivity index is 1.38. The Labute approximate surface area is 136 Å². The van der Waals surface area contributed by atoms with Crippen molar-refractivity contribution in [3.63, 3.8) is 0 Å². The molecule has 1 aromatic heterocycles. The number of aromatic nitrogens is 2. The van der Waals surface area contributed by atoms with Crippen LogP contribution in [0.3, 0.4) is 0 Å². The molecule has 1 spiro atoms. The highest BCUT2D eigenvalue weighted by Gasteiger charge is 2.55. The smallest absolute Gasteiger partial charge is 0.316 e. The van der Waals surface area contributed by atoms with Gasteiger partial charge in [0, 0.05) is 37.8 Å². The van der Waals surface area contributed by atoms with Gasteiger partial charge in [-0.05, 0) is 25.8 Å². The van der Waals surface area contributed by atoms with Crippen molar-refractivity contribution in [3.05, 3.63) is 18.0 Å². The zero-order valence-corrected chi connectivity index (χ0v) is 14.0. The van der Waals surface area contributed by atoms with Crippen LogP contribution in [0.1, 0.15) is 31.4 Å². The SMILES string of the molecule is Cc1ccnc(O[C@@H]2CCOC3(C2)CN(S(=O)(=O)C2CC2)C3)n1. The lowest BCUT2D eigenvalue weighted by atomic mass is 9.86.